The lowest BCUT2D eigenvalue weighted by atomic mass is 10.2. The second-order valence-corrected chi connectivity index (χ2v) is 7.70. The molecule has 7 nitrogen and oxygen atoms in total. The highest BCUT2D eigenvalue weighted by atomic mass is 79.9. The number of anilines is 2. The van der Waals surface area contributed by atoms with Gasteiger partial charge in [-0.15, -0.1) is 0 Å². The number of benzene rings is 2. The second-order valence-electron chi connectivity index (χ2n) is 6.79. The molecule has 2 aromatic heterocycles. The number of aromatic nitrogens is 3. The fourth-order valence-corrected chi connectivity index (χ4v) is 3.73. The number of pyridine rings is 1. The van der Waals surface area contributed by atoms with Crippen LogP contribution in [0.3, 0.4) is 0 Å². The van der Waals surface area contributed by atoms with Crippen molar-refractivity contribution in [2.75, 3.05) is 5.32 Å². The minimum absolute atomic E-state index is 0.209. The third-order valence-corrected chi connectivity index (χ3v) is 5.48. The van der Waals surface area contributed by atoms with Crippen molar-refractivity contribution < 1.29 is 0 Å². The van der Waals surface area contributed by atoms with E-state index in [4.69, 9.17) is 0 Å². The van der Waals surface area contributed by atoms with Crippen molar-refractivity contribution >= 4 is 38.3 Å². The van der Waals surface area contributed by atoms with Crippen LogP contribution in [0.5, 0.6) is 0 Å². The van der Waals surface area contributed by atoms with Crippen LogP contribution >= 0.6 is 15.9 Å². The topological polar surface area (TPSA) is 78.0 Å². The standard InChI is InChI=1S/C22H19BrN4O3/c1-3-26-21(29)19-17(24-15-11-9-14(23)10-12-15)13-18(28)25(2)20(19)27(22(26)30)16-7-5-4-6-8-16/h4-13,24H,3H2,1-2H3. The molecule has 0 aliphatic rings. The molecule has 0 radical (unpaired) electrons. The van der Waals surface area contributed by atoms with Gasteiger partial charge in [-0.3, -0.25) is 18.7 Å². The largest absolute Gasteiger partial charge is 0.355 e. The number of aryl methyl sites for hydroxylation is 1. The van der Waals surface area contributed by atoms with Gasteiger partial charge < -0.3 is 5.32 Å². The smallest absolute Gasteiger partial charge is 0.337 e. The Morgan fingerprint density at radius 2 is 1.63 bits per heavy atom. The van der Waals surface area contributed by atoms with E-state index in [1.54, 1.807) is 38.2 Å². The lowest BCUT2D eigenvalue weighted by Gasteiger charge is -2.18. The lowest BCUT2D eigenvalue weighted by molar-refractivity contribution is 0.653. The summed E-state index contributed by atoms with van der Waals surface area (Å²) in [5.41, 5.74) is 0.621. The second kappa shape index (κ2) is 7.79. The summed E-state index contributed by atoms with van der Waals surface area (Å²) in [7, 11) is 1.56. The third kappa shape index (κ3) is 3.29. The Labute approximate surface area is 180 Å². The third-order valence-electron chi connectivity index (χ3n) is 4.96. The first kappa shape index (κ1) is 19.9. The normalized spacial score (nSPS) is 11.0. The van der Waals surface area contributed by atoms with E-state index < -0.39 is 11.2 Å². The SMILES string of the molecule is CCn1c(=O)c2c(Nc3ccc(Br)cc3)cc(=O)n(C)c2n(-c2ccccc2)c1=O. The number of para-hydroxylation sites is 1. The van der Waals surface area contributed by atoms with Gasteiger partial charge in [0.05, 0.1) is 11.4 Å². The van der Waals surface area contributed by atoms with E-state index in [1.807, 2.05) is 30.3 Å². The summed E-state index contributed by atoms with van der Waals surface area (Å²) in [4.78, 5) is 39.2. The first-order valence-electron chi connectivity index (χ1n) is 9.40. The lowest BCUT2D eigenvalue weighted by Crippen LogP contribution is -2.41. The number of hydrogen-bond acceptors (Lipinski definition) is 4. The average Bonchev–Trinajstić information content (AvgIpc) is 2.74. The van der Waals surface area contributed by atoms with Crippen LogP contribution in [0.4, 0.5) is 11.4 Å². The van der Waals surface area contributed by atoms with Crippen molar-refractivity contribution in [2.45, 2.75) is 13.5 Å². The molecule has 2 aromatic carbocycles. The Kier molecular flexibility index (Phi) is 5.17. The van der Waals surface area contributed by atoms with Crippen molar-refractivity contribution in [2.24, 2.45) is 7.05 Å². The molecule has 0 atom stereocenters. The van der Waals surface area contributed by atoms with Gasteiger partial charge in [0.25, 0.3) is 11.1 Å². The zero-order valence-electron chi connectivity index (χ0n) is 16.4. The summed E-state index contributed by atoms with van der Waals surface area (Å²) in [6, 6.07) is 17.7. The van der Waals surface area contributed by atoms with Crippen LogP contribution in [0.15, 0.2) is 79.5 Å². The molecule has 4 aromatic rings. The minimum Gasteiger partial charge on any atom is -0.355 e. The van der Waals surface area contributed by atoms with Crippen molar-refractivity contribution in [3.8, 4) is 5.69 Å². The summed E-state index contributed by atoms with van der Waals surface area (Å²) in [6.45, 7) is 1.95. The summed E-state index contributed by atoms with van der Waals surface area (Å²) in [5, 5.41) is 3.44. The van der Waals surface area contributed by atoms with Gasteiger partial charge in [-0.25, -0.2) is 9.36 Å². The highest BCUT2D eigenvalue weighted by Gasteiger charge is 2.20. The maximum Gasteiger partial charge on any atom is 0.337 e. The van der Waals surface area contributed by atoms with E-state index in [9.17, 15) is 14.4 Å². The molecule has 1 N–H and O–H groups in total. The summed E-state index contributed by atoms with van der Waals surface area (Å²) >= 11 is 3.39. The maximum absolute atomic E-state index is 13.3. The molecular weight excluding hydrogens is 448 g/mol. The molecule has 2 heterocycles. The van der Waals surface area contributed by atoms with Crippen LogP contribution in [0.2, 0.25) is 0 Å². The molecule has 0 spiro atoms. The number of halogens is 1. The molecule has 8 heteroatoms. The predicted molar refractivity (Wildman–Crippen MR) is 122 cm³/mol. The Bertz CT molecular complexity index is 1420. The number of nitrogens with one attached hydrogen (secondary N) is 1. The predicted octanol–water partition coefficient (Wildman–Crippen LogP) is 3.38. The summed E-state index contributed by atoms with van der Waals surface area (Å²) in [6.07, 6.45) is 0. The van der Waals surface area contributed by atoms with Crippen LogP contribution in [0, 0.1) is 0 Å². The Hall–Kier alpha value is -3.39. The number of hydrogen-bond donors (Lipinski definition) is 1. The van der Waals surface area contributed by atoms with Gasteiger partial charge in [0.1, 0.15) is 11.0 Å². The number of rotatable bonds is 4. The highest BCUT2D eigenvalue weighted by molar-refractivity contribution is 9.10. The summed E-state index contributed by atoms with van der Waals surface area (Å²) in [5.74, 6) is 0. The molecule has 0 bridgehead atoms. The number of fused-ring (bicyclic) bond motifs is 1. The van der Waals surface area contributed by atoms with E-state index in [0.717, 1.165) is 4.47 Å². The zero-order chi connectivity index (χ0) is 21.4. The Morgan fingerprint density at radius 1 is 0.967 bits per heavy atom. The molecule has 0 amide bonds. The van der Waals surface area contributed by atoms with Gasteiger partial charge in [0, 0.05) is 29.8 Å². The van der Waals surface area contributed by atoms with Crippen LogP contribution in [0.25, 0.3) is 16.7 Å². The Morgan fingerprint density at radius 3 is 2.27 bits per heavy atom. The summed E-state index contributed by atoms with van der Waals surface area (Å²) < 4.78 is 4.83. The van der Waals surface area contributed by atoms with Crippen molar-refractivity contribution in [1.29, 1.82) is 0 Å². The quantitative estimate of drug-likeness (QED) is 0.499. The van der Waals surface area contributed by atoms with Crippen LogP contribution in [-0.2, 0) is 13.6 Å². The van der Waals surface area contributed by atoms with Crippen LogP contribution in [-0.4, -0.2) is 13.7 Å². The minimum atomic E-state index is -0.489. The van der Waals surface area contributed by atoms with Crippen molar-refractivity contribution in [3.05, 3.63) is 96.3 Å². The molecule has 0 saturated carbocycles. The van der Waals surface area contributed by atoms with Crippen molar-refractivity contribution in [3.63, 3.8) is 0 Å². The molecule has 0 aliphatic carbocycles. The average molecular weight is 467 g/mol. The van der Waals surface area contributed by atoms with Gasteiger partial charge >= 0.3 is 5.69 Å². The molecule has 152 valence electrons. The van der Waals surface area contributed by atoms with Crippen LogP contribution < -0.4 is 22.1 Å². The first-order chi connectivity index (χ1) is 14.4. The molecule has 0 saturated heterocycles. The van der Waals surface area contributed by atoms with Gasteiger partial charge in [0.2, 0.25) is 0 Å². The van der Waals surface area contributed by atoms with Gasteiger partial charge in [-0.05, 0) is 43.3 Å². The van der Waals surface area contributed by atoms with E-state index in [1.165, 1.54) is 19.8 Å². The Balaban J connectivity index is 2.14. The molecule has 4 rings (SSSR count). The molecule has 0 unspecified atom stereocenters. The zero-order valence-corrected chi connectivity index (χ0v) is 18.0. The van der Waals surface area contributed by atoms with Gasteiger partial charge in [-0.2, -0.15) is 0 Å². The molecule has 0 aliphatic heterocycles. The van der Waals surface area contributed by atoms with E-state index in [2.05, 4.69) is 21.2 Å². The molecule has 30 heavy (non-hydrogen) atoms. The maximum atomic E-state index is 13.3. The monoisotopic (exact) mass is 466 g/mol. The van der Waals surface area contributed by atoms with Gasteiger partial charge in [0.15, 0.2) is 0 Å². The van der Waals surface area contributed by atoms with Crippen LogP contribution in [0.1, 0.15) is 6.92 Å². The number of nitrogens with zero attached hydrogens (tertiary/aromatic N) is 3. The fourth-order valence-electron chi connectivity index (χ4n) is 3.47. The van der Waals surface area contributed by atoms with E-state index in [-0.39, 0.29) is 23.1 Å². The molecular formula is C22H19BrN4O3. The fraction of sp³-hybridized carbons (Fsp3) is 0.136. The molecule has 0 fully saturated rings. The van der Waals surface area contributed by atoms with E-state index in [0.29, 0.717) is 17.1 Å². The highest BCUT2D eigenvalue weighted by Crippen LogP contribution is 2.24. The van der Waals surface area contributed by atoms with Gasteiger partial charge in [-0.1, -0.05) is 34.1 Å². The first-order valence-corrected chi connectivity index (χ1v) is 10.2. The van der Waals surface area contributed by atoms with E-state index >= 15 is 0 Å². The van der Waals surface area contributed by atoms with Crippen molar-refractivity contribution in [1.82, 2.24) is 13.7 Å².